The van der Waals surface area contributed by atoms with Crippen molar-refractivity contribution in [2.24, 2.45) is 5.41 Å². The van der Waals surface area contributed by atoms with Crippen molar-refractivity contribution in [3.8, 4) is 5.75 Å². The molecule has 1 aromatic carbocycles. The zero-order chi connectivity index (χ0) is 27.7. The third-order valence-corrected chi connectivity index (χ3v) is 6.70. The number of fused-ring (bicyclic) bond motifs is 1. The zero-order valence-corrected chi connectivity index (χ0v) is 22.9. The number of rotatable bonds is 11. The molecule has 2 aliphatic heterocycles. The summed E-state index contributed by atoms with van der Waals surface area (Å²) in [6, 6.07) is 5.77. The highest BCUT2D eigenvalue weighted by molar-refractivity contribution is 5.85. The van der Waals surface area contributed by atoms with Crippen LogP contribution in [0.2, 0.25) is 0 Å². The molecule has 0 aliphatic carbocycles. The summed E-state index contributed by atoms with van der Waals surface area (Å²) < 4.78 is 5.68. The van der Waals surface area contributed by atoms with E-state index in [0.717, 1.165) is 12.0 Å². The molecule has 3 rings (SSSR count). The second-order valence-electron chi connectivity index (χ2n) is 11.4. The summed E-state index contributed by atoms with van der Waals surface area (Å²) in [5, 5.41) is 14.9. The molecule has 0 unspecified atom stereocenters. The molecule has 1 aromatic rings. The van der Waals surface area contributed by atoms with Crippen LogP contribution in [0.25, 0.3) is 0 Å². The highest BCUT2D eigenvalue weighted by Crippen LogP contribution is 2.26. The summed E-state index contributed by atoms with van der Waals surface area (Å²) in [7, 11) is 0. The molecule has 0 aromatic heterocycles. The van der Waals surface area contributed by atoms with E-state index < -0.39 is 6.10 Å². The van der Waals surface area contributed by atoms with Gasteiger partial charge in [-0.2, -0.15) is 0 Å². The van der Waals surface area contributed by atoms with E-state index in [9.17, 15) is 24.3 Å². The average molecular weight is 531 g/mol. The van der Waals surface area contributed by atoms with Gasteiger partial charge in [-0.1, -0.05) is 26.8 Å². The Morgan fingerprint density at radius 3 is 2.50 bits per heavy atom. The number of amides is 4. The van der Waals surface area contributed by atoms with Crippen LogP contribution in [0.1, 0.15) is 64.0 Å². The molecule has 1 atom stereocenters. The van der Waals surface area contributed by atoms with Gasteiger partial charge in [-0.15, -0.1) is 0 Å². The summed E-state index contributed by atoms with van der Waals surface area (Å²) in [5.74, 6) is 0.111. The molecule has 4 amide bonds. The Hall–Kier alpha value is -3.14. The molecule has 0 saturated carbocycles. The normalized spacial score (nSPS) is 17.1. The molecule has 2 heterocycles. The van der Waals surface area contributed by atoms with Crippen LogP contribution in [0.4, 0.5) is 0 Å². The van der Waals surface area contributed by atoms with Gasteiger partial charge in [0.1, 0.15) is 5.75 Å². The zero-order valence-electron chi connectivity index (χ0n) is 22.9. The van der Waals surface area contributed by atoms with Crippen LogP contribution in [0.15, 0.2) is 18.2 Å². The van der Waals surface area contributed by atoms with E-state index in [1.165, 1.54) is 5.56 Å². The first-order valence-electron chi connectivity index (χ1n) is 13.5. The Morgan fingerprint density at radius 1 is 1.00 bits per heavy atom. The molecule has 0 radical (unpaired) electrons. The van der Waals surface area contributed by atoms with E-state index in [0.29, 0.717) is 64.2 Å². The molecule has 1 saturated heterocycles. The van der Waals surface area contributed by atoms with Crippen LogP contribution in [0.5, 0.6) is 5.75 Å². The molecule has 1 fully saturated rings. The highest BCUT2D eigenvalue weighted by Gasteiger charge is 2.26. The van der Waals surface area contributed by atoms with Gasteiger partial charge in [0.15, 0.2) is 6.61 Å². The predicted octanol–water partition coefficient (Wildman–Crippen LogP) is 1.38. The van der Waals surface area contributed by atoms with Crippen molar-refractivity contribution in [2.75, 3.05) is 39.3 Å². The van der Waals surface area contributed by atoms with Gasteiger partial charge in [0.25, 0.3) is 5.91 Å². The van der Waals surface area contributed by atoms with Crippen LogP contribution in [-0.2, 0) is 32.1 Å². The van der Waals surface area contributed by atoms with Crippen LogP contribution in [-0.4, -0.2) is 84.0 Å². The molecule has 0 bridgehead atoms. The quantitative estimate of drug-likeness (QED) is 0.371. The lowest BCUT2D eigenvalue weighted by atomic mass is 9.90. The summed E-state index contributed by atoms with van der Waals surface area (Å²) in [6.45, 7) is 8.54. The minimum absolute atomic E-state index is 0.0540. The van der Waals surface area contributed by atoms with E-state index in [1.807, 2.05) is 23.1 Å². The van der Waals surface area contributed by atoms with Crippen molar-refractivity contribution in [1.29, 1.82) is 0 Å². The van der Waals surface area contributed by atoms with Crippen LogP contribution in [0.3, 0.4) is 0 Å². The number of carbonyl (C=O) groups is 4. The summed E-state index contributed by atoms with van der Waals surface area (Å²) in [4.78, 5) is 52.2. The summed E-state index contributed by atoms with van der Waals surface area (Å²) in [6.07, 6.45) is 2.89. The largest absolute Gasteiger partial charge is 0.484 e. The second kappa shape index (κ2) is 13.6. The fourth-order valence-electron chi connectivity index (χ4n) is 4.58. The van der Waals surface area contributed by atoms with E-state index in [2.05, 4.69) is 31.4 Å². The first-order chi connectivity index (χ1) is 18.0. The standard InChI is InChI=1S/C28H42N4O6/c1-28(2,3)15-26(36)31-12-9-20-7-8-23(14-21(20)17-31)38-19-25(35)29-11-5-4-6-24(34)30-16-27(37)32-13-10-22(33)18-32/h7-8,14,22,33H,4-6,9-13,15-19H2,1-3H3,(H,29,35)(H,30,34)/t22-/m1/s1. The number of carbonyl (C=O) groups excluding carboxylic acids is 4. The maximum absolute atomic E-state index is 12.6. The molecular formula is C28H42N4O6. The Bertz CT molecular complexity index is 1010. The third-order valence-electron chi connectivity index (χ3n) is 6.70. The first kappa shape index (κ1) is 29.4. The molecular weight excluding hydrogens is 488 g/mol. The lowest BCUT2D eigenvalue weighted by molar-refractivity contribution is -0.134. The fraction of sp³-hybridized carbons (Fsp3) is 0.643. The summed E-state index contributed by atoms with van der Waals surface area (Å²) in [5.41, 5.74) is 2.20. The Balaban J connectivity index is 1.29. The number of hydrogen-bond donors (Lipinski definition) is 3. The smallest absolute Gasteiger partial charge is 0.257 e. The minimum atomic E-state index is -0.477. The van der Waals surface area contributed by atoms with E-state index in [-0.39, 0.29) is 48.6 Å². The van der Waals surface area contributed by atoms with Crippen LogP contribution >= 0.6 is 0 Å². The van der Waals surface area contributed by atoms with Crippen LogP contribution < -0.4 is 15.4 Å². The van der Waals surface area contributed by atoms with E-state index >= 15 is 0 Å². The highest BCUT2D eigenvalue weighted by atomic mass is 16.5. The Morgan fingerprint density at radius 2 is 1.79 bits per heavy atom. The third kappa shape index (κ3) is 9.63. The Labute approximate surface area is 225 Å². The number of benzene rings is 1. The van der Waals surface area contributed by atoms with Gasteiger partial charge in [-0.25, -0.2) is 0 Å². The van der Waals surface area contributed by atoms with Crippen molar-refractivity contribution < 1.29 is 29.0 Å². The fourth-order valence-corrected chi connectivity index (χ4v) is 4.58. The van der Waals surface area contributed by atoms with Gasteiger partial charge >= 0.3 is 0 Å². The van der Waals surface area contributed by atoms with Crippen molar-refractivity contribution in [1.82, 2.24) is 20.4 Å². The van der Waals surface area contributed by atoms with Crippen molar-refractivity contribution in [2.45, 2.75) is 71.9 Å². The SMILES string of the molecule is CC(C)(C)CC(=O)N1CCc2ccc(OCC(=O)NCCCCC(=O)NCC(=O)N3CC[C@@H](O)C3)cc2C1. The number of nitrogens with zero attached hydrogens (tertiary/aromatic N) is 2. The Kier molecular flexibility index (Phi) is 10.5. The lowest BCUT2D eigenvalue weighted by Gasteiger charge is -2.31. The molecule has 210 valence electrons. The molecule has 38 heavy (non-hydrogen) atoms. The number of aliphatic hydroxyl groups is 1. The maximum Gasteiger partial charge on any atom is 0.257 e. The minimum Gasteiger partial charge on any atom is -0.484 e. The molecule has 3 N–H and O–H groups in total. The molecule has 2 aliphatic rings. The second-order valence-corrected chi connectivity index (χ2v) is 11.4. The van der Waals surface area contributed by atoms with E-state index in [4.69, 9.17) is 4.74 Å². The van der Waals surface area contributed by atoms with Gasteiger partial charge in [-0.05, 0) is 54.4 Å². The van der Waals surface area contributed by atoms with Gasteiger partial charge in [0.05, 0.1) is 12.6 Å². The summed E-state index contributed by atoms with van der Waals surface area (Å²) >= 11 is 0. The molecule has 10 nitrogen and oxygen atoms in total. The molecule has 0 spiro atoms. The van der Waals surface area contributed by atoms with Crippen molar-refractivity contribution in [3.05, 3.63) is 29.3 Å². The van der Waals surface area contributed by atoms with Gasteiger partial charge in [0, 0.05) is 45.6 Å². The first-order valence-corrected chi connectivity index (χ1v) is 13.5. The number of hydrogen-bond acceptors (Lipinski definition) is 6. The van der Waals surface area contributed by atoms with Gasteiger partial charge in [0.2, 0.25) is 17.7 Å². The van der Waals surface area contributed by atoms with E-state index in [1.54, 1.807) is 4.90 Å². The lowest BCUT2D eigenvalue weighted by Crippen LogP contribution is -2.39. The number of unbranched alkanes of at least 4 members (excludes halogenated alkanes) is 1. The maximum atomic E-state index is 12.6. The van der Waals surface area contributed by atoms with Crippen LogP contribution in [0, 0.1) is 5.41 Å². The number of likely N-dealkylation sites (tertiary alicyclic amines) is 1. The monoisotopic (exact) mass is 530 g/mol. The number of nitrogens with one attached hydrogen (secondary N) is 2. The van der Waals surface area contributed by atoms with Gasteiger partial charge < -0.3 is 30.3 Å². The topological polar surface area (TPSA) is 128 Å². The van der Waals surface area contributed by atoms with Crippen molar-refractivity contribution in [3.63, 3.8) is 0 Å². The van der Waals surface area contributed by atoms with Gasteiger partial charge in [-0.3, -0.25) is 19.2 Å². The molecule has 10 heteroatoms. The number of ether oxygens (including phenoxy) is 1. The van der Waals surface area contributed by atoms with Crippen molar-refractivity contribution >= 4 is 23.6 Å². The average Bonchev–Trinajstić information content (AvgIpc) is 3.30. The number of aliphatic hydroxyl groups excluding tert-OH is 1. The number of β-amino-alcohol motifs (C(OH)–C–C–N with tert-alkyl or cyclic N) is 1. The predicted molar refractivity (Wildman–Crippen MR) is 142 cm³/mol.